The zero-order chi connectivity index (χ0) is 24.8. The topological polar surface area (TPSA) is 121 Å². The molecule has 2 amide bonds. The number of amidine groups is 1. The normalized spacial score (nSPS) is 17.2. The van der Waals surface area contributed by atoms with Crippen LogP contribution in [0.4, 0.5) is 5.69 Å². The zero-order valence-electron chi connectivity index (χ0n) is 19.4. The lowest BCUT2D eigenvalue weighted by atomic mass is 10.1. The first-order chi connectivity index (χ1) is 16.2. The molecule has 1 aliphatic heterocycles. The van der Waals surface area contributed by atoms with Crippen molar-refractivity contribution in [3.63, 3.8) is 0 Å². The number of aliphatic imine (C=N–C) groups is 1. The third kappa shape index (κ3) is 6.22. The summed E-state index contributed by atoms with van der Waals surface area (Å²) >= 11 is 1.20. The number of carboxylic acids is 1. The standard InChI is InChI=1S/C24H26N4O5S/c1-14-5-10-19(15(2)11-14)26-21(29)12-20-23(32)28(24(25-4)34-20)27-16(3)17-6-8-18(9-7-17)33-13-22(30)31/h5-11,20H,12-13H2,1-4H3,(H,26,29)(H,30,31)/b25-24?,27-16-. The molecular weight excluding hydrogens is 456 g/mol. The molecule has 34 heavy (non-hydrogen) atoms. The minimum absolute atomic E-state index is 0.00346. The molecule has 0 radical (unpaired) electrons. The number of nitrogens with zero attached hydrogens (tertiary/aromatic N) is 3. The summed E-state index contributed by atoms with van der Waals surface area (Å²) in [6.07, 6.45) is -0.00346. The Hall–Kier alpha value is -3.66. The van der Waals surface area contributed by atoms with Crippen LogP contribution in [-0.4, -0.2) is 57.7 Å². The van der Waals surface area contributed by atoms with Crippen molar-refractivity contribution in [2.45, 2.75) is 32.4 Å². The van der Waals surface area contributed by atoms with Gasteiger partial charge >= 0.3 is 5.97 Å². The first-order valence-electron chi connectivity index (χ1n) is 10.5. The molecule has 2 aromatic rings. The quantitative estimate of drug-likeness (QED) is 0.556. The molecule has 0 aromatic heterocycles. The predicted octanol–water partition coefficient (Wildman–Crippen LogP) is 3.45. The number of carbonyl (C=O) groups is 3. The number of hydrogen-bond acceptors (Lipinski definition) is 7. The van der Waals surface area contributed by atoms with Gasteiger partial charge in [-0.25, -0.2) is 4.79 Å². The SMILES string of the molecule is CN=C1SC(CC(=O)Nc2ccc(C)cc2C)C(=O)N1/N=C(/C)c1ccc(OCC(=O)O)cc1. The van der Waals surface area contributed by atoms with Crippen molar-refractivity contribution in [1.82, 2.24) is 5.01 Å². The molecule has 2 N–H and O–H groups in total. The van der Waals surface area contributed by atoms with Crippen LogP contribution in [0.3, 0.4) is 0 Å². The van der Waals surface area contributed by atoms with Gasteiger partial charge in [-0.3, -0.25) is 14.6 Å². The Morgan fingerprint density at radius 1 is 1.18 bits per heavy atom. The fourth-order valence-corrected chi connectivity index (χ4v) is 4.32. The number of thioether (sulfide) groups is 1. The Kier molecular flexibility index (Phi) is 8.06. The van der Waals surface area contributed by atoms with Gasteiger partial charge in [-0.2, -0.15) is 10.1 Å². The lowest BCUT2D eigenvalue weighted by molar-refractivity contribution is -0.139. The van der Waals surface area contributed by atoms with E-state index in [1.165, 1.54) is 16.8 Å². The highest BCUT2D eigenvalue weighted by Gasteiger charge is 2.39. The van der Waals surface area contributed by atoms with E-state index in [1.807, 2.05) is 32.0 Å². The summed E-state index contributed by atoms with van der Waals surface area (Å²) in [6.45, 7) is 5.22. The number of hydrazone groups is 1. The van der Waals surface area contributed by atoms with E-state index in [2.05, 4.69) is 15.4 Å². The number of aliphatic carboxylic acids is 1. The van der Waals surface area contributed by atoms with Crippen LogP contribution in [0.1, 0.15) is 30.0 Å². The number of ether oxygens (including phenoxy) is 1. The lowest BCUT2D eigenvalue weighted by Crippen LogP contribution is -2.30. The van der Waals surface area contributed by atoms with Crippen molar-refractivity contribution in [2.24, 2.45) is 10.1 Å². The number of carboxylic acid groups (broad SMARTS) is 1. The van der Waals surface area contributed by atoms with E-state index in [9.17, 15) is 14.4 Å². The number of aryl methyl sites for hydroxylation is 2. The minimum Gasteiger partial charge on any atom is -0.482 e. The number of benzene rings is 2. The Labute approximate surface area is 201 Å². The second kappa shape index (κ2) is 11.0. The van der Waals surface area contributed by atoms with Gasteiger partial charge in [-0.1, -0.05) is 29.5 Å². The first kappa shape index (κ1) is 25.0. The number of amides is 2. The molecule has 0 bridgehead atoms. The molecule has 10 heteroatoms. The largest absolute Gasteiger partial charge is 0.482 e. The van der Waals surface area contributed by atoms with Crippen molar-refractivity contribution in [1.29, 1.82) is 0 Å². The van der Waals surface area contributed by atoms with E-state index >= 15 is 0 Å². The van der Waals surface area contributed by atoms with E-state index < -0.39 is 17.8 Å². The van der Waals surface area contributed by atoms with E-state index in [0.717, 1.165) is 22.4 Å². The number of nitrogens with one attached hydrogen (secondary N) is 1. The van der Waals surface area contributed by atoms with Gasteiger partial charge in [-0.15, -0.1) is 0 Å². The van der Waals surface area contributed by atoms with Crippen LogP contribution >= 0.6 is 11.8 Å². The third-order valence-corrected chi connectivity index (χ3v) is 6.23. The summed E-state index contributed by atoms with van der Waals surface area (Å²) < 4.78 is 5.13. The average Bonchev–Trinajstić information content (AvgIpc) is 3.08. The fraction of sp³-hybridized carbons (Fsp3) is 0.292. The van der Waals surface area contributed by atoms with Crippen LogP contribution in [0.25, 0.3) is 0 Å². The molecule has 0 aliphatic carbocycles. The Balaban J connectivity index is 1.68. The van der Waals surface area contributed by atoms with Gasteiger partial charge in [-0.05, 0) is 62.2 Å². The van der Waals surface area contributed by atoms with Gasteiger partial charge in [0.05, 0.1) is 5.71 Å². The molecule has 1 atom stereocenters. The summed E-state index contributed by atoms with van der Waals surface area (Å²) in [5.74, 6) is -1.22. The van der Waals surface area contributed by atoms with E-state index in [1.54, 1.807) is 38.2 Å². The van der Waals surface area contributed by atoms with Gasteiger partial charge in [0.15, 0.2) is 11.8 Å². The molecule has 0 spiro atoms. The molecular formula is C24H26N4O5S. The smallest absolute Gasteiger partial charge is 0.341 e. The molecule has 9 nitrogen and oxygen atoms in total. The van der Waals surface area contributed by atoms with Crippen molar-refractivity contribution in [3.8, 4) is 5.75 Å². The molecule has 1 heterocycles. The second-order valence-corrected chi connectivity index (χ2v) is 8.90. The van der Waals surface area contributed by atoms with E-state index in [0.29, 0.717) is 16.6 Å². The van der Waals surface area contributed by atoms with Crippen molar-refractivity contribution >= 4 is 46.1 Å². The maximum Gasteiger partial charge on any atom is 0.341 e. The van der Waals surface area contributed by atoms with Crippen molar-refractivity contribution < 1.29 is 24.2 Å². The highest BCUT2D eigenvalue weighted by molar-refractivity contribution is 8.15. The molecule has 1 fully saturated rings. The Morgan fingerprint density at radius 2 is 1.88 bits per heavy atom. The van der Waals surface area contributed by atoms with E-state index in [-0.39, 0.29) is 18.2 Å². The molecule has 1 unspecified atom stereocenters. The van der Waals surface area contributed by atoms with Crippen LogP contribution in [0.5, 0.6) is 5.75 Å². The number of rotatable bonds is 8. The highest BCUT2D eigenvalue weighted by Crippen LogP contribution is 2.30. The highest BCUT2D eigenvalue weighted by atomic mass is 32.2. The van der Waals surface area contributed by atoms with Crippen LogP contribution < -0.4 is 10.1 Å². The maximum atomic E-state index is 13.0. The van der Waals surface area contributed by atoms with Gasteiger partial charge < -0.3 is 15.2 Å². The van der Waals surface area contributed by atoms with Gasteiger partial charge in [0.1, 0.15) is 11.0 Å². The Morgan fingerprint density at radius 3 is 2.50 bits per heavy atom. The molecule has 2 aromatic carbocycles. The number of carbonyl (C=O) groups excluding carboxylic acids is 2. The third-order valence-electron chi connectivity index (χ3n) is 5.02. The lowest BCUT2D eigenvalue weighted by Gasteiger charge is -2.12. The van der Waals surface area contributed by atoms with Gasteiger partial charge in [0.25, 0.3) is 5.91 Å². The van der Waals surface area contributed by atoms with E-state index in [4.69, 9.17) is 9.84 Å². The second-order valence-electron chi connectivity index (χ2n) is 7.73. The number of hydrogen-bond donors (Lipinski definition) is 2. The Bertz CT molecular complexity index is 1160. The summed E-state index contributed by atoms with van der Waals surface area (Å²) in [7, 11) is 1.57. The molecule has 1 saturated heterocycles. The van der Waals surface area contributed by atoms with Crippen LogP contribution in [-0.2, 0) is 14.4 Å². The van der Waals surface area contributed by atoms with Gasteiger partial charge in [0.2, 0.25) is 5.91 Å². The minimum atomic E-state index is -1.06. The summed E-state index contributed by atoms with van der Waals surface area (Å²) in [5, 5.41) is 17.0. The predicted molar refractivity (Wildman–Crippen MR) is 133 cm³/mol. The molecule has 1 aliphatic rings. The summed E-state index contributed by atoms with van der Waals surface area (Å²) in [6, 6.07) is 12.5. The maximum absolute atomic E-state index is 13.0. The van der Waals surface area contributed by atoms with Crippen molar-refractivity contribution in [3.05, 3.63) is 59.2 Å². The summed E-state index contributed by atoms with van der Waals surface area (Å²) in [4.78, 5) is 40.4. The molecule has 0 saturated carbocycles. The zero-order valence-corrected chi connectivity index (χ0v) is 20.2. The van der Waals surface area contributed by atoms with Crippen LogP contribution in [0, 0.1) is 13.8 Å². The average molecular weight is 483 g/mol. The molecule has 178 valence electrons. The monoisotopic (exact) mass is 482 g/mol. The fourth-order valence-electron chi connectivity index (χ4n) is 3.30. The number of anilines is 1. The summed E-state index contributed by atoms with van der Waals surface area (Å²) in [5.41, 5.74) is 4.06. The van der Waals surface area contributed by atoms with Crippen LogP contribution in [0.2, 0.25) is 0 Å². The van der Waals surface area contributed by atoms with Crippen LogP contribution in [0.15, 0.2) is 52.6 Å². The molecule has 3 rings (SSSR count). The van der Waals surface area contributed by atoms with Crippen molar-refractivity contribution in [2.75, 3.05) is 19.0 Å². The van der Waals surface area contributed by atoms with Gasteiger partial charge in [0, 0.05) is 19.2 Å². The first-order valence-corrected chi connectivity index (χ1v) is 11.4.